The summed E-state index contributed by atoms with van der Waals surface area (Å²) in [6.07, 6.45) is 0. The third-order valence-corrected chi connectivity index (χ3v) is 2.87. The van der Waals surface area contributed by atoms with Crippen LogP contribution >= 0.6 is 0 Å². The second-order valence-electron chi connectivity index (χ2n) is 5.03. The van der Waals surface area contributed by atoms with Crippen LogP contribution in [0.2, 0.25) is 0 Å². The van der Waals surface area contributed by atoms with Crippen molar-refractivity contribution >= 4 is 0 Å². The van der Waals surface area contributed by atoms with Crippen LogP contribution in [0.5, 0.6) is 0 Å². The van der Waals surface area contributed by atoms with E-state index in [4.69, 9.17) is 0 Å². The van der Waals surface area contributed by atoms with Crippen LogP contribution < -0.4 is 0 Å². The summed E-state index contributed by atoms with van der Waals surface area (Å²) in [6, 6.07) is 0.621. The van der Waals surface area contributed by atoms with E-state index in [-0.39, 0.29) is 0 Å². The molecule has 0 aromatic rings. The summed E-state index contributed by atoms with van der Waals surface area (Å²) >= 11 is 0. The third-order valence-electron chi connectivity index (χ3n) is 2.87. The van der Waals surface area contributed by atoms with E-state index < -0.39 is 5.60 Å². The molecule has 0 radical (unpaired) electrons. The lowest BCUT2D eigenvalue weighted by molar-refractivity contribution is 0.00509. The van der Waals surface area contributed by atoms with Gasteiger partial charge in [-0.3, -0.25) is 9.80 Å². The number of β-amino-alcohol motifs (C(OH)–C–C–N with tert-alkyl or cyclic N) is 1. The molecule has 0 aromatic heterocycles. The number of likely N-dealkylation sites (N-methyl/N-ethyl adjacent to an activating group) is 1. The van der Waals surface area contributed by atoms with E-state index in [1.54, 1.807) is 0 Å². The molecule has 3 heteroatoms. The summed E-state index contributed by atoms with van der Waals surface area (Å²) in [4.78, 5) is 4.84. The van der Waals surface area contributed by atoms with E-state index in [1.165, 1.54) is 0 Å². The highest BCUT2D eigenvalue weighted by atomic mass is 16.3. The molecule has 1 aliphatic rings. The van der Waals surface area contributed by atoms with Crippen molar-refractivity contribution in [3.63, 3.8) is 0 Å². The average molecular weight is 200 g/mol. The summed E-state index contributed by atoms with van der Waals surface area (Å²) in [5, 5.41) is 9.72. The summed E-state index contributed by atoms with van der Waals surface area (Å²) in [7, 11) is 0. The SMILES string of the molecule is CCN1CCN(CC(C)(C)O)CC1C. The van der Waals surface area contributed by atoms with Crippen LogP contribution in [-0.4, -0.2) is 59.3 Å². The maximum Gasteiger partial charge on any atom is 0.0718 e. The molecule has 14 heavy (non-hydrogen) atoms. The average Bonchev–Trinajstić information content (AvgIpc) is 2.01. The molecule has 1 heterocycles. The molecule has 1 N–H and O–H groups in total. The minimum atomic E-state index is -0.561. The van der Waals surface area contributed by atoms with Gasteiger partial charge in [0.05, 0.1) is 5.60 Å². The number of aliphatic hydroxyl groups is 1. The van der Waals surface area contributed by atoms with Crippen LogP contribution in [0.25, 0.3) is 0 Å². The molecule has 1 fully saturated rings. The van der Waals surface area contributed by atoms with Crippen molar-refractivity contribution < 1.29 is 5.11 Å². The van der Waals surface area contributed by atoms with Gasteiger partial charge in [0.1, 0.15) is 0 Å². The molecule has 0 aromatic carbocycles. The molecule has 1 rings (SSSR count). The van der Waals surface area contributed by atoms with Gasteiger partial charge in [-0.2, -0.15) is 0 Å². The zero-order chi connectivity index (χ0) is 10.8. The van der Waals surface area contributed by atoms with Crippen LogP contribution in [0.15, 0.2) is 0 Å². The van der Waals surface area contributed by atoms with Crippen molar-refractivity contribution in [1.82, 2.24) is 9.80 Å². The summed E-state index contributed by atoms with van der Waals surface area (Å²) in [5.41, 5.74) is -0.561. The Morgan fingerprint density at radius 3 is 2.43 bits per heavy atom. The van der Waals surface area contributed by atoms with Gasteiger partial charge in [0.2, 0.25) is 0 Å². The van der Waals surface area contributed by atoms with Crippen molar-refractivity contribution in [2.75, 3.05) is 32.7 Å². The standard InChI is InChI=1S/C11H24N2O/c1-5-13-7-6-12(8-10(13)2)9-11(3,4)14/h10,14H,5-9H2,1-4H3. The molecular weight excluding hydrogens is 176 g/mol. The molecule has 84 valence electrons. The van der Waals surface area contributed by atoms with E-state index in [2.05, 4.69) is 23.6 Å². The second-order valence-corrected chi connectivity index (χ2v) is 5.03. The lowest BCUT2D eigenvalue weighted by atomic mass is 10.1. The van der Waals surface area contributed by atoms with Gasteiger partial charge >= 0.3 is 0 Å². The molecular formula is C11H24N2O. The van der Waals surface area contributed by atoms with Crippen LogP contribution in [0.3, 0.4) is 0 Å². The highest BCUT2D eigenvalue weighted by molar-refractivity contribution is 4.81. The van der Waals surface area contributed by atoms with Gasteiger partial charge in [-0.1, -0.05) is 6.92 Å². The van der Waals surface area contributed by atoms with E-state index >= 15 is 0 Å². The molecule has 1 aliphatic heterocycles. The minimum absolute atomic E-state index is 0.561. The number of hydrogen-bond donors (Lipinski definition) is 1. The van der Waals surface area contributed by atoms with Gasteiger partial charge in [0.25, 0.3) is 0 Å². The van der Waals surface area contributed by atoms with Crippen molar-refractivity contribution in [3.8, 4) is 0 Å². The molecule has 0 bridgehead atoms. The lowest BCUT2D eigenvalue weighted by Crippen LogP contribution is -2.54. The Morgan fingerprint density at radius 2 is 2.00 bits per heavy atom. The Hall–Kier alpha value is -0.120. The Bertz CT molecular complexity index is 177. The normalized spacial score (nSPS) is 26.8. The van der Waals surface area contributed by atoms with E-state index in [0.717, 1.165) is 32.7 Å². The topological polar surface area (TPSA) is 26.7 Å². The van der Waals surface area contributed by atoms with Crippen LogP contribution in [0, 0.1) is 0 Å². The van der Waals surface area contributed by atoms with Crippen LogP contribution in [0.1, 0.15) is 27.7 Å². The van der Waals surface area contributed by atoms with E-state index in [1.807, 2.05) is 13.8 Å². The van der Waals surface area contributed by atoms with E-state index in [0.29, 0.717) is 6.04 Å². The van der Waals surface area contributed by atoms with Gasteiger partial charge in [0, 0.05) is 32.2 Å². The smallest absolute Gasteiger partial charge is 0.0718 e. The fourth-order valence-corrected chi connectivity index (χ4v) is 2.23. The molecule has 1 atom stereocenters. The van der Waals surface area contributed by atoms with Crippen molar-refractivity contribution in [2.24, 2.45) is 0 Å². The Balaban J connectivity index is 2.39. The van der Waals surface area contributed by atoms with Gasteiger partial charge < -0.3 is 5.11 Å². The number of piperazine rings is 1. The fraction of sp³-hybridized carbons (Fsp3) is 1.00. The summed E-state index contributed by atoms with van der Waals surface area (Å²) < 4.78 is 0. The molecule has 0 spiro atoms. The zero-order valence-electron chi connectivity index (χ0n) is 9.95. The van der Waals surface area contributed by atoms with Crippen molar-refractivity contribution in [2.45, 2.75) is 39.3 Å². The maximum atomic E-state index is 9.72. The van der Waals surface area contributed by atoms with Gasteiger partial charge in [-0.15, -0.1) is 0 Å². The summed E-state index contributed by atoms with van der Waals surface area (Å²) in [5.74, 6) is 0. The van der Waals surface area contributed by atoms with Crippen molar-refractivity contribution in [3.05, 3.63) is 0 Å². The molecule has 1 saturated heterocycles. The molecule has 0 saturated carbocycles. The third kappa shape index (κ3) is 3.56. The first-order chi connectivity index (χ1) is 6.42. The minimum Gasteiger partial charge on any atom is -0.389 e. The first kappa shape index (κ1) is 12.0. The second kappa shape index (κ2) is 4.60. The first-order valence-corrected chi connectivity index (χ1v) is 5.61. The van der Waals surface area contributed by atoms with Gasteiger partial charge in [0.15, 0.2) is 0 Å². The zero-order valence-corrected chi connectivity index (χ0v) is 9.95. The molecule has 1 unspecified atom stereocenters. The predicted molar refractivity (Wildman–Crippen MR) is 59.4 cm³/mol. The first-order valence-electron chi connectivity index (χ1n) is 5.61. The quantitative estimate of drug-likeness (QED) is 0.729. The van der Waals surface area contributed by atoms with Crippen LogP contribution in [0.4, 0.5) is 0 Å². The highest BCUT2D eigenvalue weighted by Crippen LogP contribution is 2.12. The Labute approximate surface area is 87.7 Å². The molecule has 0 amide bonds. The number of rotatable bonds is 3. The largest absolute Gasteiger partial charge is 0.389 e. The Morgan fingerprint density at radius 1 is 1.36 bits per heavy atom. The van der Waals surface area contributed by atoms with Gasteiger partial charge in [-0.05, 0) is 27.3 Å². The van der Waals surface area contributed by atoms with E-state index in [9.17, 15) is 5.11 Å². The maximum absolute atomic E-state index is 9.72. The summed E-state index contributed by atoms with van der Waals surface area (Å²) in [6.45, 7) is 13.5. The predicted octanol–water partition coefficient (Wildman–Crippen LogP) is 0.783. The Kier molecular flexibility index (Phi) is 3.93. The fourth-order valence-electron chi connectivity index (χ4n) is 2.23. The molecule has 3 nitrogen and oxygen atoms in total. The highest BCUT2D eigenvalue weighted by Gasteiger charge is 2.25. The number of nitrogens with zero attached hydrogens (tertiary/aromatic N) is 2. The lowest BCUT2D eigenvalue weighted by Gasteiger charge is -2.41. The monoisotopic (exact) mass is 200 g/mol. The van der Waals surface area contributed by atoms with Crippen LogP contribution in [-0.2, 0) is 0 Å². The van der Waals surface area contributed by atoms with Crippen molar-refractivity contribution in [1.29, 1.82) is 0 Å². The molecule has 0 aliphatic carbocycles. The number of hydrogen-bond acceptors (Lipinski definition) is 3. The van der Waals surface area contributed by atoms with Gasteiger partial charge in [-0.25, -0.2) is 0 Å².